The SMILES string of the molecule is CC(=NNc1nnn[nH]1)C(=O)N1CCC(OC(C)(C)C)CC1. The number of carbonyl (C=O) groups is 1. The standard InChI is InChI=1S/C13H23N7O2/c1-9(14-15-12-16-18-19-17-12)11(21)20-7-5-10(6-8-20)22-13(2,3)4/h10H,5-8H2,1-4H3,(H2,15,16,17,18,19). The Morgan fingerprint density at radius 3 is 2.64 bits per heavy atom. The second kappa shape index (κ2) is 6.82. The van der Waals surface area contributed by atoms with Crippen molar-refractivity contribution in [3.8, 4) is 0 Å². The van der Waals surface area contributed by atoms with E-state index in [1.165, 1.54) is 0 Å². The van der Waals surface area contributed by atoms with Gasteiger partial charge in [0.1, 0.15) is 5.71 Å². The maximum atomic E-state index is 12.3. The lowest BCUT2D eigenvalue weighted by atomic mass is 10.1. The minimum atomic E-state index is -0.150. The smallest absolute Gasteiger partial charge is 0.269 e. The molecule has 1 aromatic heterocycles. The highest BCUT2D eigenvalue weighted by Gasteiger charge is 2.27. The monoisotopic (exact) mass is 309 g/mol. The van der Waals surface area contributed by atoms with Crippen LogP contribution >= 0.6 is 0 Å². The molecule has 9 heteroatoms. The number of piperidine rings is 1. The fourth-order valence-corrected chi connectivity index (χ4v) is 2.30. The Hall–Kier alpha value is -2.03. The van der Waals surface area contributed by atoms with E-state index in [0.29, 0.717) is 24.7 Å². The van der Waals surface area contributed by atoms with Crippen LogP contribution in [0.3, 0.4) is 0 Å². The summed E-state index contributed by atoms with van der Waals surface area (Å²) in [6.45, 7) is 9.16. The number of carbonyl (C=O) groups excluding carboxylic acids is 1. The molecule has 0 bridgehead atoms. The van der Waals surface area contributed by atoms with E-state index in [-0.39, 0.29) is 17.6 Å². The summed E-state index contributed by atoms with van der Waals surface area (Å²) in [6.07, 6.45) is 1.89. The van der Waals surface area contributed by atoms with Crippen molar-refractivity contribution in [2.75, 3.05) is 18.5 Å². The van der Waals surface area contributed by atoms with Gasteiger partial charge in [0.15, 0.2) is 0 Å². The first-order chi connectivity index (χ1) is 10.3. The molecule has 0 saturated carbocycles. The van der Waals surface area contributed by atoms with Crippen LogP contribution in [0.1, 0.15) is 40.5 Å². The maximum absolute atomic E-state index is 12.3. The van der Waals surface area contributed by atoms with Gasteiger partial charge in [0.05, 0.1) is 11.7 Å². The number of ether oxygens (including phenoxy) is 1. The third-order valence-electron chi connectivity index (χ3n) is 3.23. The van der Waals surface area contributed by atoms with E-state index in [4.69, 9.17) is 4.74 Å². The van der Waals surface area contributed by atoms with Crippen LogP contribution in [0.4, 0.5) is 5.95 Å². The molecule has 1 aromatic rings. The minimum absolute atomic E-state index is 0.0887. The highest BCUT2D eigenvalue weighted by Crippen LogP contribution is 2.20. The number of hydrazone groups is 1. The zero-order chi connectivity index (χ0) is 16.2. The van der Waals surface area contributed by atoms with Crippen molar-refractivity contribution in [1.29, 1.82) is 0 Å². The zero-order valence-electron chi connectivity index (χ0n) is 13.5. The molecular weight excluding hydrogens is 286 g/mol. The van der Waals surface area contributed by atoms with Crippen molar-refractivity contribution in [2.24, 2.45) is 5.10 Å². The van der Waals surface area contributed by atoms with Crippen molar-refractivity contribution in [3.63, 3.8) is 0 Å². The average molecular weight is 309 g/mol. The molecule has 0 atom stereocenters. The molecule has 0 aliphatic carbocycles. The first kappa shape index (κ1) is 16.3. The Morgan fingerprint density at radius 1 is 1.41 bits per heavy atom. The van der Waals surface area contributed by atoms with E-state index in [2.05, 4.69) is 31.2 Å². The molecule has 0 unspecified atom stereocenters. The van der Waals surface area contributed by atoms with Crippen LogP contribution in [-0.4, -0.2) is 61.9 Å². The van der Waals surface area contributed by atoms with E-state index in [1.807, 2.05) is 20.8 Å². The lowest BCUT2D eigenvalue weighted by molar-refractivity contribution is -0.129. The van der Waals surface area contributed by atoms with Gasteiger partial charge in [-0.15, -0.1) is 0 Å². The van der Waals surface area contributed by atoms with Crippen LogP contribution in [-0.2, 0) is 9.53 Å². The van der Waals surface area contributed by atoms with E-state index in [1.54, 1.807) is 11.8 Å². The summed E-state index contributed by atoms with van der Waals surface area (Å²) in [7, 11) is 0. The number of nitrogens with zero attached hydrogens (tertiary/aromatic N) is 5. The van der Waals surface area contributed by atoms with Gasteiger partial charge < -0.3 is 9.64 Å². The van der Waals surface area contributed by atoms with Crippen LogP contribution in [0.15, 0.2) is 5.10 Å². The minimum Gasteiger partial charge on any atom is -0.372 e. The van der Waals surface area contributed by atoms with E-state index >= 15 is 0 Å². The normalized spacial score (nSPS) is 17.6. The number of hydrogen-bond donors (Lipinski definition) is 2. The fourth-order valence-electron chi connectivity index (χ4n) is 2.30. The second-order valence-corrected chi connectivity index (χ2v) is 6.28. The summed E-state index contributed by atoms with van der Waals surface area (Å²) in [5.41, 5.74) is 2.83. The molecule has 1 amide bonds. The van der Waals surface area contributed by atoms with Gasteiger partial charge in [0.2, 0.25) is 0 Å². The number of rotatable bonds is 4. The molecule has 1 aliphatic rings. The van der Waals surface area contributed by atoms with Crippen molar-refractivity contribution in [2.45, 2.75) is 52.2 Å². The molecule has 2 heterocycles. The maximum Gasteiger partial charge on any atom is 0.269 e. The predicted molar refractivity (Wildman–Crippen MR) is 81.3 cm³/mol. The summed E-state index contributed by atoms with van der Waals surface area (Å²) >= 11 is 0. The molecule has 0 radical (unpaired) electrons. The van der Waals surface area contributed by atoms with E-state index in [9.17, 15) is 4.79 Å². The van der Waals surface area contributed by atoms with Gasteiger partial charge in [0, 0.05) is 13.1 Å². The Balaban J connectivity index is 1.82. The third-order valence-corrected chi connectivity index (χ3v) is 3.23. The summed E-state index contributed by atoms with van der Waals surface area (Å²) in [4.78, 5) is 14.1. The first-order valence-corrected chi connectivity index (χ1v) is 7.36. The number of aromatic amines is 1. The summed E-state index contributed by atoms with van der Waals surface area (Å²) < 4.78 is 5.96. The largest absolute Gasteiger partial charge is 0.372 e. The topological polar surface area (TPSA) is 108 Å². The Kier molecular flexibility index (Phi) is 5.07. The number of anilines is 1. The van der Waals surface area contributed by atoms with Gasteiger partial charge in [-0.3, -0.25) is 4.79 Å². The van der Waals surface area contributed by atoms with Gasteiger partial charge in [-0.2, -0.15) is 5.10 Å². The molecule has 22 heavy (non-hydrogen) atoms. The number of likely N-dealkylation sites (tertiary alicyclic amines) is 1. The lowest BCUT2D eigenvalue weighted by Crippen LogP contribution is -2.45. The van der Waals surface area contributed by atoms with Crippen molar-refractivity contribution in [3.05, 3.63) is 0 Å². The number of nitrogens with one attached hydrogen (secondary N) is 2. The number of amides is 1. The van der Waals surface area contributed by atoms with E-state index < -0.39 is 0 Å². The Bertz CT molecular complexity index is 513. The van der Waals surface area contributed by atoms with Crippen LogP contribution < -0.4 is 5.43 Å². The summed E-state index contributed by atoms with van der Waals surface area (Å²) in [5.74, 6) is 0.207. The van der Waals surface area contributed by atoms with Crippen molar-refractivity contribution in [1.82, 2.24) is 25.5 Å². The second-order valence-electron chi connectivity index (χ2n) is 6.28. The Morgan fingerprint density at radius 2 is 2.09 bits per heavy atom. The first-order valence-electron chi connectivity index (χ1n) is 7.36. The summed E-state index contributed by atoms with van der Waals surface area (Å²) in [6, 6.07) is 0. The van der Waals surface area contributed by atoms with Crippen LogP contribution in [0.25, 0.3) is 0 Å². The van der Waals surface area contributed by atoms with Gasteiger partial charge in [0.25, 0.3) is 11.9 Å². The fraction of sp³-hybridized carbons (Fsp3) is 0.769. The number of aromatic nitrogens is 4. The number of hydrogen-bond acceptors (Lipinski definition) is 7. The molecule has 2 rings (SSSR count). The molecule has 9 nitrogen and oxygen atoms in total. The molecule has 1 aliphatic heterocycles. The third kappa shape index (κ3) is 4.76. The molecule has 0 spiro atoms. The van der Waals surface area contributed by atoms with Gasteiger partial charge in [-0.25, -0.2) is 10.5 Å². The van der Waals surface area contributed by atoms with Crippen LogP contribution in [0, 0.1) is 0 Å². The van der Waals surface area contributed by atoms with Crippen LogP contribution in [0.2, 0.25) is 0 Å². The molecule has 0 aromatic carbocycles. The number of H-pyrrole nitrogens is 1. The lowest BCUT2D eigenvalue weighted by Gasteiger charge is -2.35. The van der Waals surface area contributed by atoms with Crippen molar-refractivity contribution >= 4 is 17.6 Å². The van der Waals surface area contributed by atoms with Gasteiger partial charge in [-0.1, -0.05) is 5.10 Å². The zero-order valence-corrected chi connectivity index (χ0v) is 13.5. The molecule has 122 valence electrons. The highest BCUT2D eigenvalue weighted by atomic mass is 16.5. The molecule has 2 N–H and O–H groups in total. The van der Waals surface area contributed by atoms with Crippen LogP contribution in [0.5, 0.6) is 0 Å². The quantitative estimate of drug-likeness (QED) is 0.629. The van der Waals surface area contributed by atoms with E-state index in [0.717, 1.165) is 12.8 Å². The number of tetrazole rings is 1. The average Bonchev–Trinajstić information content (AvgIpc) is 2.96. The Labute approximate surface area is 129 Å². The molecule has 1 fully saturated rings. The predicted octanol–water partition coefficient (Wildman–Crippen LogP) is 0.794. The molecular formula is C13H23N7O2. The molecule has 1 saturated heterocycles. The highest BCUT2D eigenvalue weighted by molar-refractivity contribution is 6.37. The van der Waals surface area contributed by atoms with Crippen molar-refractivity contribution < 1.29 is 9.53 Å². The van der Waals surface area contributed by atoms with Gasteiger partial charge in [-0.05, 0) is 51.0 Å². The summed E-state index contributed by atoms with van der Waals surface area (Å²) in [5, 5.41) is 16.9. The van der Waals surface area contributed by atoms with Gasteiger partial charge >= 0.3 is 0 Å².